The molecule has 0 bridgehead atoms. The van der Waals surface area contributed by atoms with Crippen molar-refractivity contribution in [1.29, 1.82) is 0 Å². The average Bonchev–Trinajstić information content (AvgIpc) is 3.75. The molecule has 1 aliphatic heterocycles. The van der Waals surface area contributed by atoms with Crippen molar-refractivity contribution < 1.29 is 23.5 Å². The summed E-state index contributed by atoms with van der Waals surface area (Å²) in [6, 6.07) is 21.8. The molecule has 206 valence electrons. The van der Waals surface area contributed by atoms with E-state index < -0.39 is 6.04 Å². The first-order valence-electron chi connectivity index (χ1n) is 13.9. The van der Waals surface area contributed by atoms with Crippen LogP contribution in [0.4, 0.5) is 0 Å². The van der Waals surface area contributed by atoms with E-state index in [-0.39, 0.29) is 31.2 Å². The van der Waals surface area contributed by atoms with Crippen LogP contribution in [0, 0.1) is 6.92 Å². The lowest BCUT2D eigenvalue weighted by Crippen LogP contribution is -2.46. The van der Waals surface area contributed by atoms with Gasteiger partial charge in [-0.2, -0.15) is 0 Å². The van der Waals surface area contributed by atoms with Gasteiger partial charge in [-0.1, -0.05) is 55.7 Å². The molecule has 40 heavy (non-hydrogen) atoms. The number of ether oxygens (including phenoxy) is 2. The number of amides is 2. The molecule has 0 saturated heterocycles. The summed E-state index contributed by atoms with van der Waals surface area (Å²) in [4.78, 5) is 33.1. The van der Waals surface area contributed by atoms with Gasteiger partial charge in [-0.25, -0.2) is 0 Å². The Kier molecular flexibility index (Phi) is 7.31. The van der Waals surface area contributed by atoms with E-state index in [1.54, 1.807) is 17.0 Å². The number of hydrogen-bond acceptors (Lipinski definition) is 5. The van der Waals surface area contributed by atoms with Crippen molar-refractivity contribution >= 4 is 11.8 Å². The van der Waals surface area contributed by atoms with Crippen LogP contribution < -0.4 is 14.8 Å². The van der Waals surface area contributed by atoms with Crippen molar-refractivity contribution in [2.45, 2.75) is 57.7 Å². The Morgan fingerprint density at radius 3 is 2.52 bits per heavy atom. The number of nitrogens with one attached hydrogen (secondary N) is 2. The summed E-state index contributed by atoms with van der Waals surface area (Å²) in [5.41, 5.74) is 2.99. The fourth-order valence-electron chi connectivity index (χ4n) is 5.53. The fraction of sp³-hybridized carbons (Fsp3) is 0.312. The van der Waals surface area contributed by atoms with Crippen molar-refractivity contribution in [3.05, 3.63) is 95.6 Å². The zero-order valence-corrected chi connectivity index (χ0v) is 22.5. The second-order valence-corrected chi connectivity index (χ2v) is 10.5. The highest BCUT2D eigenvalue weighted by molar-refractivity contribution is 5.97. The highest BCUT2D eigenvalue weighted by Gasteiger charge is 2.36. The quantitative estimate of drug-likeness (QED) is 0.280. The van der Waals surface area contributed by atoms with E-state index in [1.165, 1.54) is 6.42 Å². The SMILES string of the molecule is Cc1ccc([C@@H](C(=O)NC2CCCCC2)N(Cc2ccc3c(c2)OCO3)C(=O)c2ccc(-c3ccccc3)[nH]2)o1. The summed E-state index contributed by atoms with van der Waals surface area (Å²) in [6.45, 7) is 2.16. The van der Waals surface area contributed by atoms with Gasteiger partial charge < -0.3 is 29.1 Å². The van der Waals surface area contributed by atoms with E-state index in [9.17, 15) is 9.59 Å². The normalized spacial score (nSPS) is 15.5. The third-order valence-electron chi connectivity index (χ3n) is 7.59. The maximum absolute atomic E-state index is 14.3. The number of carbonyl (C=O) groups excluding carboxylic acids is 2. The number of hydrogen-bond donors (Lipinski definition) is 2. The van der Waals surface area contributed by atoms with Crippen LogP contribution in [-0.4, -0.2) is 34.5 Å². The monoisotopic (exact) mass is 539 g/mol. The van der Waals surface area contributed by atoms with Crippen LogP contribution >= 0.6 is 0 Å². The smallest absolute Gasteiger partial charge is 0.271 e. The molecule has 8 nitrogen and oxygen atoms in total. The minimum absolute atomic E-state index is 0.0810. The predicted octanol–water partition coefficient (Wildman–Crippen LogP) is 6.14. The Morgan fingerprint density at radius 2 is 1.75 bits per heavy atom. The summed E-state index contributed by atoms with van der Waals surface area (Å²) in [5.74, 6) is 1.82. The lowest BCUT2D eigenvalue weighted by molar-refractivity contribution is -0.127. The molecule has 0 radical (unpaired) electrons. The zero-order chi connectivity index (χ0) is 27.5. The number of aromatic amines is 1. The van der Waals surface area contributed by atoms with E-state index in [2.05, 4.69) is 10.3 Å². The Labute approximate surface area is 233 Å². The largest absolute Gasteiger partial charge is 0.464 e. The lowest BCUT2D eigenvalue weighted by atomic mass is 9.95. The van der Waals surface area contributed by atoms with Gasteiger partial charge in [-0.3, -0.25) is 9.59 Å². The molecule has 3 heterocycles. The van der Waals surface area contributed by atoms with E-state index >= 15 is 0 Å². The van der Waals surface area contributed by atoms with Crippen LogP contribution in [-0.2, 0) is 11.3 Å². The number of H-pyrrole nitrogens is 1. The Bertz CT molecular complexity index is 1490. The summed E-state index contributed by atoms with van der Waals surface area (Å²) in [6.07, 6.45) is 5.21. The molecule has 1 aliphatic carbocycles. The third kappa shape index (κ3) is 5.47. The van der Waals surface area contributed by atoms with Gasteiger partial charge >= 0.3 is 0 Å². The van der Waals surface area contributed by atoms with Crippen molar-refractivity contribution in [2.24, 2.45) is 0 Å². The number of fused-ring (bicyclic) bond motifs is 1. The van der Waals surface area contributed by atoms with E-state index in [0.29, 0.717) is 28.7 Å². The van der Waals surface area contributed by atoms with Crippen LogP contribution in [0.2, 0.25) is 0 Å². The standard InChI is InChI=1S/C32H33N3O5/c1-21-12-16-28(40-21)30(31(36)33-24-10-6-3-7-11-24)35(19-22-13-17-27-29(18-22)39-20-38-27)32(37)26-15-14-25(34-26)23-8-4-2-5-9-23/h2,4-5,8-9,12-18,24,30,34H,3,6-7,10-11,19-20H2,1H3,(H,33,36)/t30-/m0/s1. The maximum Gasteiger partial charge on any atom is 0.271 e. The molecular weight excluding hydrogens is 506 g/mol. The van der Waals surface area contributed by atoms with Crippen LogP contribution in [0.15, 0.2) is 77.2 Å². The van der Waals surface area contributed by atoms with Crippen LogP contribution in [0.3, 0.4) is 0 Å². The average molecular weight is 540 g/mol. The summed E-state index contributed by atoms with van der Waals surface area (Å²) in [5, 5.41) is 3.22. The van der Waals surface area contributed by atoms with Crippen LogP contribution in [0.5, 0.6) is 11.5 Å². The molecule has 8 heteroatoms. The van der Waals surface area contributed by atoms with Crippen LogP contribution in [0.1, 0.15) is 65.7 Å². The summed E-state index contributed by atoms with van der Waals surface area (Å²) < 4.78 is 17.1. The number of carbonyl (C=O) groups is 2. The Morgan fingerprint density at radius 1 is 0.950 bits per heavy atom. The minimum Gasteiger partial charge on any atom is -0.464 e. The van der Waals surface area contributed by atoms with Crippen LogP contribution in [0.25, 0.3) is 11.3 Å². The molecular formula is C32H33N3O5. The molecule has 6 rings (SSSR count). The van der Waals surface area contributed by atoms with E-state index in [4.69, 9.17) is 13.9 Å². The number of benzene rings is 2. The molecule has 0 unspecified atom stereocenters. The highest BCUT2D eigenvalue weighted by atomic mass is 16.7. The molecule has 2 N–H and O–H groups in total. The van der Waals surface area contributed by atoms with Gasteiger partial charge in [0.05, 0.1) is 0 Å². The van der Waals surface area contributed by atoms with Gasteiger partial charge in [0.25, 0.3) is 11.8 Å². The van der Waals surface area contributed by atoms with Gasteiger partial charge in [-0.05, 0) is 67.3 Å². The van der Waals surface area contributed by atoms with E-state index in [0.717, 1.165) is 42.5 Å². The molecule has 1 atom stereocenters. The van der Waals surface area contributed by atoms with Crippen molar-refractivity contribution in [1.82, 2.24) is 15.2 Å². The summed E-state index contributed by atoms with van der Waals surface area (Å²) >= 11 is 0. The fourth-order valence-corrected chi connectivity index (χ4v) is 5.53. The molecule has 1 saturated carbocycles. The first-order chi connectivity index (χ1) is 19.5. The van der Waals surface area contributed by atoms with Crippen molar-refractivity contribution in [3.8, 4) is 22.8 Å². The number of furan rings is 1. The molecule has 2 aromatic heterocycles. The molecule has 0 spiro atoms. The van der Waals surface area contributed by atoms with Gasteiger partial charge in [-0.15, -0.1) is 0 Å². The van der Waals surface area contributed by atoms with Gasteiger partial charge in [0.2, 0.25) is 6.79 Å². The molecule has 4 aromatic rings. The van der Waals surface area contributed by atoms with Crippen molar-refractivity contribution in [3.63, 3.8) is 0 Å². The molecule has 1 fully saturated rings. The number of rotatable bonds is 8. The first kappa shape index (κ1) is 25.8. The second-order valence-electron chi connectivity index (χ2n) is 10.5. The maximum atomic E-state index is 14.3. The first-order valence-corrected chi connectivity index (χ1v) is 13.9. The van der Waals surface area contributed by atoms with Gasteiger partial charge in [0.1, 0.15) is 17.2 Å². The number of aromatic nitrogens is 1. The molecule has 2 aromatic carbocycles. The predicted molar refractivity (Wildman–Crippen MR) is 150 cm³/mol. The van der Waals surface area contributed by atoms with Gasteiger partial charge in [0.15, 0.2) is 17.5 Å². The van der Waals surface area contributed by atoms with E-state index in [1.807, 2.05) is 67.6 Å². The van der Waals surface area contributed by atoms with Gasteiger partial charge in [0, 0.05) is 18.3 Å². The Balaban J connectivity index is 1.37. The highest BCUT2D eigenvalue weighted by Crippen LogP contribution is 2.35. The lowest BCUT2D eigenvalue weighted by Gasteiger charge is -2.32. The third-order valence-corrected chi connectivity index (χ3v) is 7.59. The molecule has 2 amide bonds. The minimum atomic E-state index is -0.961. The summed E-state index contributed by atoms with van der Waals surface area (Å²) in [7, 11) is 0. The molecule has 2 aliphatic rings. The Hall–Kier alpha value is -4.46. The number of aryl methyl sites for hydroxylation is 1. The van der Waals surface area contributed by atoms with Crippen molar-refractivity contribution in [2.75, 3.05) is 6.79 Å². The second kappa shape index (κ2) is 11.3. The zero-order valence-electron chi connectivity index (χ0n) is 22.5. The number of nitrogens with zero attached hydrogens (tertiary/aromatic N) is 1. The topological polar surface area (TPSA) is 96.8 Å².